The van der Waals surface area contributed by atoms with Crippen molar-refractivity contribution in [1.82, 2.24) is 14.5 Å². The number of rotatable bonds is 3. The molecule has 0 N–H and O–H groups in total. The molecule has 1 aromatic rings. The van der Waals surface area contributed by atoms with Crippen molar-refractivity contribution in [1.29, 1.82) is 0 Å². The maximum absolute atomic E-state index is 11.6. The van der Waals surface area contributed by atoms with Crippen molar-refractivity contribution in [2.45, 2.75) is 19.9 Å². The Morgan fingerprint density at radius 3 is 3.00 bits per heavy atom. The molecule has 0 aliphatic carbocycles. The molecule has 2 rings (SSSR count). The molecule has 0 aromatic carbocycles. The molecule has 1 unspecified atom stereocenters. The molecule has 1 aliphatic rings. The van der Waals surface area contributed by atoms with Crippen LogP contribution in [0.3, 0.4) is 0 Å². The number of aromatic nitrogens is 2. The molecule has 84 valence electrons. The van der Waals surface area contributed by atoms with Crippen molar-refractivity contribution in [3.8, 4) is 12.3 Å². The molecule has 1 atom stereocenters. The van der Waals surface area contributed by atoms with Gasteiger partial charge in [0.1, 0.15) is 5.82 Å². The van der Waals surface area contributed by atoms with Gasteiger partial charge in [-0.1, -0.05) is 0 Å². The van der Waals surface area contributed by atoms with Gasteiger partial charge in [0.15, 0.2) is 0 Å². The zero-order valence-electron chi connectivity index (χ0n) is 9.39. The molecule has 0 radical (unpaired) electrons. The molecule has 1 amide bonds. The molecule has 2 heterocycles. The van der Waals surface area contributed by atoms with Gasteiger partial charge < -0.3 is 9.47 Å². The number of hydrogen-bond acceptors (Lipinski definition) is 2. The van der Waals surface area contributed by atoms with Crippen LogP contribution in [0.25, 0.3) is 0 Å². The molecule has 4 nitrogen and oxygen atoms in total. The first kappa shape index (κ1) is 10.7. The van der Waals surface area contributed by atoms with Gasteiger partial charge >= 0.3 is 0 Å². The summed E-state index contributed by atoms with van der Waals surface area (Å²) in [6.07, 6.45) is 9.52. The Labute approximate surface area is 95.3 Å². The molecule has 1 aromatic heterocycles. The Balaban J connectivity index is 1.90. The maximum Gasteiger partial charge on any atom is 0.223 e. The molecule has 1 aliphatic heterocycles. The van der Waals surface area contributed by atoms with Crippen molar-refractivity contribution in [2.75, 3.05) is 13.1 Å². The Kier molecular flexibility index (Phi) is 2.95. The van der Waals surface area contributed by atoms with E-state index in [2.05, 4.69) is 10.9 Å². The van der Waals surface area contributed by atoms with Gasteiger partial charge in [-0.2, -0.15) is 0 Å². The van der Waals surface area contributed by atoms with Crippen LogP contribution in [0.5, 0.6) is 0 Å². The molecule has 1 saturated heterocycles. The van der Waals surface area contributed by atoms with E-state index in [4.69, 9.17) is 6.42 Å². The van der Waals surface area contributed by atoms with Gasteiger partial charge in [0.2, 0.25) is 5.91 Å². The van der Waals surface area contributed by atoms with Gasteiger partial charge in [-0.3, -0.25) is 4.79 Å². The van der Waals surface area contributed by atoms with Crippen molar-refractivity contribution in [3.63, 3.8) is 0 Å². The van der Waals surface area contributed by atoms with Crippen molar-refractivity contribution in [3.05, 3.63) is 18.2 Å². The van der Waals surface area contributed by atoms with Crippen LogP contribution in [0.1, 0.15) is 12.2 Å². The van der Waals surface area contributed by atoms with Crippen molar-refractivity contribution >= 4 is 5.91 Å². The van der Waals surface area contributed by atoms with Gasteiger partial charge in [0.25, 0.3) is 0 Å². The normalized spacial score (nSPS) is 20.1. The van der Waals surface area contributed by atoms with Gasteiger partial charge in [-0.25, -0.2) is 4.98 Å². The fraction of sp³-hybridized carbons (Fsp3) is 0.500. The Bertz CT molecular complexity index is 430. The molecular weight excluding hydrogens is 202 g/mol. The second-order valence-corrected chi connectivity index (χ2v) is 4.08. The Morgan fingerprint density at radius 1 is 1.62 bits per heavy atom. The van der Waals surface area contributed by atoms with Gasteiger partial charge in [0, 0.05) is 44.4 Å². The summed E-state index contributed by atoms with van der Waals surface area (Å²) in [5.74, 6) is 3.88. The minimum Gasteiger partial charge on any atom is -0.340 e. The number of carbonyl (C=O) groups excluding carboxylic acids is 1. The molecule has 1 fully saturated rings. The summed E-state index contributed by atoms with van der Waals surface area (Å²) in [5.41, 5.74) is 0. The smallest absolute Gasteiger partial charge is 0.223 e. The molecule has 4 heteroatoms. The van der Waals surface area contributed by atoms with Crippen LogP contribution >= 0.6 is 0 Å². The van der Waals surface area contributed by atoms with Crippen LogP contribution in [0.4, 0.5) is 0 Å². The average molecular weight is 217 g/mol. The first-order chi connectivity index (χ1) is 7.70. The minimum absolute atomic E-state index is 0.0939. The summed E-state index contributed by atoms with van der Waals surface area (Å²) in [4.78, 5) is 17.6. The van der Waals surface area contributed by atoms with Gasteiger partial charge in [0.05, 0.1) is 0 Å². The number of nitrogens with zero attached hydrogens (tertiary/aromatic N) is 3. The van der Waals surface area contributed by atoms with Crippen LogP contribution < -0.4 is 0 Å². The monoisotopic (exact) mass is 217 g/mol. The lowest BCUT2D eigenvalue weighted by Crippen LogP contribution is -2.29. The van der Waals surface area contributed by atoms with Gasteiger partial charge in [-0.15, -0.1) is 12.3 Å². The van der Waals surface area contributed by atoms with Crippen LogP contribution in [0.15, 0.2) is 12.4 Å². The van der Waals surface area contributed by atoms with Crippen molar-refractivity contribution < 1.29 is 4.79 Å². The molecule has 0 spiro atoms. The lowest BCUT2D eigenvalue weighted by atomic mass is 10.1. The first-order valence-corrected chi connectivity index (χ1v) is 5.42. The highest BCUT2D eigenvalue weighted by Crippen LogP contribution is 2.16. The highest BCUT2D eigenvalue weighted by molar-refractivity contribution is 5.79. The van der Waals surface area contributed by atoms with Crippen LogP contribution in [0.2, 0.25) is 0 Å². The van der Waals surface area contributed by atoms with Crippen LogP contribution in [-0.4, -0.2) is 33.4 Å². The van der Waals surface area contributed by atoms with Crippen LogP contribution in [-0.2, 0) is 11.3 Å². The lowest BCUT2D eigenvalue weighted by molar-refractivity contribution is -0.127. The van der Waals surface area contributed by atoms with E-state index in [0.717, 1.165) is 12.4 Å². The summed E-state index contributed by atoms with van der Waals surface area (Å²) in [6.45, 7) is 4.15. The number of amides is 1. The molecular formula is C12H15N3O. The maximum atomic E-state index is 11.6. The fourth-order valence-corrected chi connectivity index (χ4v) is 1.97. The summed E-state index contributed by atoms with van der Waals surface area (Å²) in [7, 11) is 0. The number of terminal acetylenes is 1. The third-order valence-corrected chi connectivity index (χ3v) is 2.98. The fourth-order valence-electron chi connectivity index (χ4n) is 1.97. The van der Waals surface area contributed by atoms with E-state index in [1.165, 1.54) is 0 Å². The number of carbonyl (C=O) groups is 1. The van der Waals surface area contributed by atoms with E-state index in [9.17, 15) is 4.79 Å². The highest BCUT2D eigenvalue weighted by Gasteiger charge is 2.27. The van der Waals surface area contributed by atoms with Gasteiger partial charge in [-0.05, 0) is 6.92 Å². The number of aryl methyl sites for hydroxylation is 1. The summed E-state index contributed by atoms with van der Waals surface area (Å²) >= 11 is 0. The zero-order valence-corrected chi connectivity index (χ0v) is 9.39. The van der Waals surface area contributed by atoms with E-state index in [1.807, 2.05) is 22.6 Å². The van der Waals surface area contributed by atoms with E-state index in [-0.39, 0.29) is 11.8 Å². The highest BCUT2D eigenvalue weighted by atomic mass is 16.2. The Morgan fingerprint density at radius 2 is 2.44 bits per heavy atom. The van der Waals surface area contributed by atoms with Crippen LogP contribution in [0, 0.1) is 25.2 Å². The summed E-state index contributed by atoms with van der Waals surface area (Å²) < 4.78 is 2.04. The second-order valence-electron chi connectivity index (χ2n) is 4.08. The van der Waals surface area contributed by atoms with E-state index in [0.29, 0.717) is 19.5 Å². The number of imidazole rings is 1. The van der Waals surface area contributed by atoms with E-state index >= 15 is 0 Å². The largest absolute Gasteiger partial charge is 0.340 e. The minimum atomic E-state index is 0.0939. The average Bonchev–Trinajstić information content (AvgIpc) is 2.82. The second kappa shape index (κ2) is 4.40. The topological polar surface area (TPSA) is 38.1 Å². The predicted molar refractivity (Wildman–Crippen MR) is 60.5 cm³/mol. The third-order valence-electron chi connectivity index (χ3n) is 2.98. The SMILES string of the molecule is C#CC1CC(=O)N(CCn2ccnc2C)C1. The summed E-state index contributed by atoms with van der Waals surface area (Å²) in [5, 5.41) is 0. The van der Waals surface area contributed by atoms with Crippen molar-refractivity contribution in [2.24, 2.45) is 5.92 Å². The molecule has 0 bridgehead atoms. The lowest BCUT2D eigenvalue weighted by Gasteiger charge is -2.16. The standard InChI is InChI=1S/C12H15N3O/c1-3-11-8-12(16)15(9-11)7-6-14-5-4-13-10(14)2/h1,4-5,11H,6-9H2,2H3. The quantitative estimate of drug-likeness (QED) is 0.698. The number of likely N-dealkylation sites (tertiary alicyclic amines) is 1. The molecule has 0 saturated carbocycles. The number of hydrogen-bond donors (Lipinski definition) is 0. The first-order valence-electron chi connectivity index (χ1n) is 5.42. The Hall–Kier alpha value is -1.76. The predicted octanol–water partition coefficient (Wildman–Crippen LogP) is 0.673. The molecule has 16 heavy (non-hydrogen) atoms. The third kappa shape index (κ3) is 2.08. The summed E-state index contributed by atoms with van der Waals surface area (Å²) in [6, 6.07) is 0. The van der Waals surface area contributed by atoms with E-state index in [1.54, 1.807) is 6.20 Å². The van der Waals surface area contributed by atoms with E-state index < -0.39 is 0 Å². The zero-order chi connectivity index (χ0) is 11.5.